The first-order chi connectivity index (χ1) is 9.11. The molecule has 1 aromatic carbocycles. The van der Waals surface area contributed by atoms with Crippen molar-refractivity contribution in [3.05, 3.63) is 29.8 Å². The number of nitrogens with one attached hydrogen (secondary N) is 2. The molecule has 0 bridgehead atoms. The zero-order chi connectivity index (χ0) is 14.1. The van der Waals surface area contributed by atoms with Crippen molar-refractivity contribution in [1.82, 2.24) is 5.32 Å². The van der Waals surface area contributed by atoms with E-state index in [9.17, 15) is 9.59 Å². The number of rotatable bonds is 7. The van der Waals surface area contributed by atoms with E-state index in [1.54, 1.807) is 24.3 Å². The fourth-order valence-electron chi connectivity index (χ4n) is 1.40. The normalized spacial score (nSPS) is 9.63. The summed E-state index contributed by atoms with van der Waals surface area (Å²) in [6.45, 7) is 0.317. The topological polar surface area (TPSA) is 102 Å². The van der Waals surface area contributed by atoms with Gasteiger partial charge in [-0.15, -0.1) is 0 Å². The van der Waals surface area contributed by atoms with Gasteiger partial charge in [-0.1, -0.05) is 12.1 Å². The molecule has 1 rings (SSSR count). The van der Waals surface area contributed by atoms with E-state index in [-0.39, 0.29) is 25.4 Å². The van der Waals surface area contributed by atoms with Gasteiger partial charge >= 0.3 is 5.97 Å². The number of benzene rings is 1. The van der Waals surface area contributed by atoms with Gasteiger partial charge in [-0.2, -0.15) is 5.26 Å². The molecular weight excluding hydrogens is 246 g/mol. The number of hydrogen-bond donors (Lipinski definition) is 3. The van der Waals surface area contributed by atoms with Gasteiger partial charge in [0.05, 0.1) is 25.5 Å². The predicted octanol–water partition coefficient (Wildman–Crippen LogP) is 0.755. The third-order valence-electron chi connectivity index (χ3n) is 2.32. The Morgan fingerprint density at radius 2 is 1.95 bits per heavy atom. The molecule has 1 amide bonds. The Bertz CT molecular complexity index is 477. The van der Waals surface area contributed by atoms with Gasteiger partial charge in [-0.05, 0) is 17.7 Å². The fraction of sp³-hybridized carbons (Fsp3) is 0.308. The summed E-state index contributed by atoms with van der Waals surface area (Å²) in [6, 6.07) is 9.04. The zero-order valence-electron chi connectivity index (χ0n) is 10.3. The summed E-state index contributed by atoms with van der Waals surface area (Å²) in [5.41, 5.74) is 1.53. The van der Waals surface area contributed by atoms with E-state index in [0.717, 1.165) is 5.56 Å². The number of carbonyl (C=O) groups is 2. The number of aliphatic carboxylic acids is 1. The molecule has 0 saturated heterocycles. The zero-order valence-corrected chi connectivity index (χ0v) is 10.3. The molecule has 0 spiro atoms. The van der Waals surface area contributed by atoms with E-state index in [1.165, 1.54) is 0 Å². The van der Waals surface area contributed by atoms with Crippen molar-refractivity contribution in [2.24, 2.45) is 0 Å². The molecule has 0 atom stereocenters. The van der Waals surface area contributed by atoms with E-state index < -0.39 is 5.97 Å². The van der Waals surface area contributed by atoms with Gasteiger partial charge in [-0.3, -0.25) is 9.59 Å². The Labute approximate surface area is 111 Å². The van der Waals surface area contributed by atoms with Crippen LogP contribution in [-0.2, 0) is 16.0 Å². The van der Waals surface area contributed by atoms with Crippen LogP contribution in [0.25, 0.3) is 0 Å². The summed E-state index contributed by atoms with van der Waals surface area (Å²) in [5.74, 6) is -1.14. The van der Waals surface area contributed by atoms with Gasteiger partial charge in [0.1, 0.15) is 0 Å². The van der Waals surface area contributed by atoms with Crippen LogP contribution in [0.4, 0.5) is 5.69 Å². The first-order valence-corrected chi connectivity index (χ1v) is 5.80. The lowest BCUT2D eigenvalue weighted by atomic mass is 10.1. The Kier molecular flexibility index (Phi) is 6.06. The quantitative estimate of drug-likeness (QED) is 0.629. The molecule has 0 unspecified atom stereocenters. The number of hydrogen-bond acceptors (Lipinski definition) is 4. The summed E-state index contributed by atoms with van der Waals surface area (Å²) in [6.07, 6.45) is 0.321. The van der Waals surface area contributed by atoms with Gasteiger partial charge < -0.3 is 15.7 Å². The molecule has 0 aliphatic rings. The van der Waals surface area contributed by atoms with Crippen LogP contribution in [0.1, 0.15) is 12.0 Å². The average molecular weight is 261 g/mol. The number of nitriles is 1. The third-order valence-corrected chi connectivity index (χ3v) is 2.32. The highest BCUT2D eigenvalue weighted by Crippen LogP contribution is 2.09. The maximum Gasteiger partial charge on any atom is 0.304 e. The summed E-state index contributed by atoms with van der Waals surface area (Å²) in [5, 5.41) is 22.3. The van der Waals surface area contributed by atoms with Crippen molar-refractivity contribution in [2.75, 3.05) is 18.4 Å². The Morgan fingerprint density at radius 1 is 1.26 bits per heavy atom. The Hall–Kier alpha value is -2.39. The van der Waals surface area contributed by atoms with Crippen LogP contribution in [0.2, 0.25) is 0 Å². The van der Waals surface area contributed by atoms with E-state index in [0.29, 0.717) is 12.1 Å². The van der Waals surface area contributed by atoms with Crippen LogP contribution in [0.15, 0.2) is 24.3 Å². The van der Waals surface area contributed by atoms with Crippen molar-refractivity contribution < 1.29 is 14.7 Å². The second-order valence-corrected chi connectivity index (χ2v) is 3.90. The molecule has 0 fully saturated rings. The molecule has 0 radical (unpaired) electrons. The molecule has 6 heteroatoms. The first-order valence-electron chi connectivity index (χ1n) is 5.80. The Balaban J connectivity index is 2.32. The van der Waals surface area contributed by atoms with Crippen molar-refractivity contribution in [1.29, 1.82) is 5.26 Å². The standard InChI is InChI=1S/C13H15N3O3/c14-7-5-10-1-3-11(4-2-10)16-12(17)9-15-8-6-13(18)19/h1-4,15H,5-6,8-9H2,(H,16,17)(H,18,19). The second kappa shape index (κ2) is 7.84. The van der Waals surface area contributed by atoms with Crippen molar-refractivity contribution in [2.45, 2.75) is 12.8 Å². The average Bonchev–Trinajstić information content (AvgIpc) is 2.37. The summed E-state index contributed by atoms with van der Waals surface area (Å²) >= 11 is 0. The third kappa shape index (κ3) is 6.19. The summed E-state index contributed by atoms with van der Waals surface area (Å²) in [7, 11) is 0. The molecule has 0 aliphatic heterocycles. The number of nitrogens with zero attached hydrogens (tertiary/aromatic N) is 1. The lowest BCUT2D eigenvalue weighted by Crippen LogP contribution is -2.29. The van der Waals surface area contributed by atoms with Crippen LogP contribution < -0.4 is 10.6 Å². The molecule has 19 heavy (non-hydrogen) atoms. The highest BCUT2D eigenvalue weighted by atomic mass is 16.4. The SMILES string of the molecule is N#CCc1ccc(NC(=O)CNCCC(=O)O)cc1. The highest BCUT2D eigenvalue weighted by molar-refractivity contribution is 5.92. The lowest BCUT2D eigenvalue weighted by Gasteiger charge is -2.06. The Morgan fingerprint density at radius 3 is 2.53 bits per heavy atom. The molecule has 100 valence electrons. The van der Waals surface area contributed by atoms with Crippen molar-refractivity contribution >= 4 is 17.6 Å². The summed E-state index contributed by atoms with van der Waals surface area (Å²) < 4.78 is 0. The minimum atomic E-state index is -0.902. The molecule has 6 nitrogen and oxygen atoms in total. The van der Waals surface area contributed by atoms with Gasteiger partial charge in [0.15, 0.2) is 0 Å². The van der Waals surface area contributed by atoms with Crippen molar-refractivity contribution in [3.63, 3.8) is 0 Å². The van der Waals surface area contributed by atoms with Gasteiger partial charge in [-0.25, -0.2) is 0 Å². The van der Waals surface area contributed by atoms with E-state index in [2.05, 4.69) is 10.6 Å². The number of carbonyl (C=O) groups excluding carboxylic acids is 1. The van der Waals surface area contributed by atoms with E-state index in [4.69, 9.17) is 10.4 Å². The lowest BCUT2D eigenvalue weighted by molar-refractivity contribution is -0.137. The monoisotopic (exact) mass is 261 g/mol. The van der Waals surface area contributed by atoms with Gasteiger partial charge in [0, 0.05) is 12.2 Å². The van der Waals surface area contributed by atoms with Crippen LogP contribution in [-0.4, -0.2) is 30.1 Å². The number of carboxylic acid groups (broad SMARTS) is 1. The molecule has 1 aromatic rings. The number of carboxylic acids is 1. The molecule has 0 saturated carbocycles. The van der Waals surface area contributed by atoms with Crippen LogP contribution in [0.3, 0.4) is 0 Å². The van der Waals surface area contributed by atoms with Gasteiger partial charge in [0.25, 0.3) is 0 Å². The predicted molar refractivity (Wildman–Crippen MR) is 69.5 cm³/mol. The number of amides is 1. The largest absolute Gasteiger partial charge is 0.481 e. The summed E-state index contributed by atoms with van der Waals surface area (Å²) in [4.78, 5) is 21.8. The van der Waals surface area contributed by atoms with Crippen LogP contribution in [0, 0.1) is 11.3 Å². The molecule has 0 aliphatic carbocycles. The first kappa shape index (κ1) is 14.7. The molecule has 0 heterocycles. The van der Waals surface area contributed by atoms with Crippen LogP contribution >= 0.6 is 0 Å². The maximum atomic E-state index is 11.5. The highest BCUT2D eigenvalue weighted by Gasteiger charge is 2.03. The van der Waals surface area contributed by atoms with E-state index >= 15 is 0 Å². The fourth-order valence-corrected chi connectivity index (χ4v) is 1.40. The molecular formula is C13H15N3O3. The molecule has 3 N–H and O–H groups in total. The minimum Gasteiger partial charge on any atom is -0.481 e. The van der Waals surface area contributed by atoms with Crippen LogP contribution in [0.5, 0.6) is 0 Å². The molecule has 0 aromatic heterocycles. The van der Waals surface area contributed by atoms with Gasteiger partial charge in [0.2, 0.25) is 5.91 Å². The number of anilines is 1. The van der Waals surface area contributed by atoms with Crippen molar-refractivity contribution in [3.8, 4) is 6.07 Å². The van der Waals surface area contributed by atoms with E-state index in [1.807, 2.05) is 6.07 Å². The second-order valence-electron chi connectivity index (χ2n) is 3.90. The smallest absolute Gasteiger partial charge is 0.304 e. The minimum absolute atomic E-state index is 0.0177. The maximum absolute atomic E-state index is 11.5.